The Morgan fingerprint density at radius 3 is 2.84 bits per heavy atom. The van der Waals surface area contributed by atoms with E-state index in [-0.39, 0.29) is 6.03 Å². The predicted molar refractivity (Wildman–Crippen MR) is 124 cm³/mol. The molecule has 0 aromatic carbocycles. The number of thioether (sulfide) groups is 1. The number of nitrogens with one attached hydrogen (secondary N) is 1. The van der Waals surface area contributed by atoms with E-state index in [9.17, 15) is 4.79 Å². The van der Waals surface area contributed by atoms with Crippen LogP contribution in [-0.2, 0) is 7.05 Å². The molecule has 1 saturated heterocycles. The predicted octanol–water partition coefficient (Wildman–Crippen LogP) is 3.31. The summed E-state index contributed by atoms with van der Waals surface area (Å²) in [6, 6.07) is 2.45. The van der Waals surface area contributed by atoms with Gasteiger partial charge in [-0.15, -0.1) is 0 Å². The Morgan fingerprint density at radius 2 is 2.10 bits per heavy atom. The van der Waals surface area contributed by atoms with E-state index >= 15 is 0 Å². The van der Waals surface area contributed by atoms with Crippen LogP contribution in [0.15, 0.2) is 23.7 Å². The van der Waals surface area contributed by atoms with E-state index in [1.54, 1.807) is 18.1 Å². The number of carbonyl (C=O) groups excluding carboxylic acids is 1. The summed E-state index contributed by atoms with van der Waals surface area (Å²) in [6.45, 7) is 3.65. The summed E-state index contributed by atoms with van der Waals surface area (Å²) in [5, 5.41) is 5.31. The molecule has 1 aliphatic carbocycles. The second-order valence-electron chi connectivity index (χ2n) is 8.27. The van der Waals surface area contributed by atoms with Crippen LogP contribution in [0.25, 0.3) is 11.0 Å². The smallest absolute Gasteiger partial charge is 0.323 e. The summed E-state index contributed by atoms with van der Waals surface area (Å²) in [5.74, 6) is 2.95. The number of likely N-dealkylation sites (tertiary alicyclic amines) is 1. The summed E-state index contributed by atoms with van der Waals surface area (Å²) < 4.78 is 6.29. The largest absolute Gasteiger partial charge is 0.356 e. The van der Waals surface area contributed by atoms with Gasteiger partial charge in [-0.1, -0.05) is 18.7 Å². The second-order valence-corrected chi connectivity index (χ2v) is 10.3. The Kier molecular flexibility index (Phi) is 5.47. The Labute approximate surface area is 189 Å². The molecule has 0 bridgehead atoms. The molecule has 164 valence electrons. The fourth-order valence-corrected chi connectivity index (χ4v) is 6.15. The van der Waals surface area contributed by atoms with Crippen LogP contribution in [-0.4, -0.2) is 66.8 Å². The molecule has 0 spiro atoms. The van der Waals surface area contributed by atoms with Gasteiger partial charge < -0.3 is 14.4 Å². The molecule has 5 rings (SSSR count). The third-order valence-corrected chi connectivity index (χ3v) is 7.91. The number of carbonyl (C=O) groups is 1. The average molecular weight is 459 g/mol. The first-order chi connectivity index (χ1) is 15.0. The highest BCUT2D eigenvalue weighted by atomic mass is 32.2. The molecule has 4 heterocycles. The van der Waals surface area contributed by atoms with Crippen LogP contribution in [0.4, 0.5) is 15.7 Å². The molecule has 0 radical (unpaired) electrons. The van der Waals surface area contributed by atoms with Gasteiger partial charge in [0, 0.05) is 51.0 Å². The van der Waals surface area contributed by atoms with Crippen LogP contribution in [0.2, 0.25) is 0 Å². The molecule has 11 heteroatoms. The van der Waals surface area contributed by atoms with Crippen LogP contribution in [0.1, 0.15) is 19.8 Å². The zero-order valence-corrected chi connectivity index (χ0v) is 19.5. The normalized spacial score (nSPS) is 22.8. The van der Waals surface area contributed by atoms with E-state index in [1.165, 1.54) is 11.5 Å². The molecule has 2 amide bonds. The third kappa shape index (κ3) is 3.84. The Bertz CT molecular complexity index is 1080. The van der Waals surface area contributed by atoms with Crippen LogP contribution in [0, 0.1) is 11.8 Å². The van der Waals surface area contributed by atoms with E-state index in [2.05, 4.69) is 49.6 Å². The first-order valence-corrected chi connectivity index (χ1v) is 12.3. The molecular weight excluding hydrogens is 432 g/mol. The molecule has 1 unspecified atom stereocenters. The van der Waals surface area contributed by atoms with Gasteiger partial charge in [0.2, 0.25) is 10.3 Å². The maximum Gasteiger partial charge on any atom is 0.323 e. The van der Waals surface area contributed by atoms with Gasteiger partial charge >= 0.3 is 6.03 Å². The van der Waals surface area contributed by atoms with E-state index in [1.807, 2.05) is 22.7 Å². The number of urea groups is 1. The van der Waals surface area contributed by atoms with Crippen molar-refractivity contribution < 1.29 is 4.79 Å². The van der Waals surface area contributed by atoms with E-state index in [0.29, 0.717) is 23.0 Å². The minimum Gasteiger partial charge on any atom is -0.356 e. The van der Waals surface area contributed by atoms with Gasteiger partial charge in [0.25, 0.3) is 0 Å². The third-order valence-electron chi connectivity index (χ3n) is 6.43. The summed E-state index contributed by atoms with van der Waals surface area (Å²) in [4.78, 5) is 30.3. The molecular formula is C20H26N8OS2. The topological polar surface area (TPSA) is 92.1 Å². The minimum atomic E-state index is -0.0645. The molecule has 9 nitrogen and oxygen atoms in total. The van der Waals surface area contributed by atoms with E-state index in [4.69, 9.17) is 0 Å². The summed E-state index contributed by atoms with van der Waals surface area (Å²) >= 11 is 2.82. The lowest BCUT2D eigenvalue weighted by atomic mass is 10.0. The summed E-state index contributed by atoms with van der Waals surface area (Å²) in [5.41, 5.74) is 0.954. The number of anilines is 2. The standard InChI is InChI=1S/C20H26N8OS2/c1-4-30-19-23-18(31-25-19)24-20(29)28-9-12-7-14(8-13(12)10-28)27(3)17-15-5-6-26(2)16(15)21-11-22-17/h5-6,11-14H,4,7-10H2,1-3H3,(H,23,24,25,29)/t12-,13?,14+/m0/s1. The first-order valence-electron chi connectivity index (χ1n) is 10.5. The molecule has 3 aromatic rings. The molecule has 3 aromatic heterocycles. The van der Waals surface area contributed by atoms with Crippen molar-refractivity contribution in [2.24, 2.45) is 18.9 Å². The van der Waals surface area contributed by atoms with Crippen LogP contribution >= 0.6 is 23.3 Å². The van der Waals surface area contributed by atoms with Gasteiger partial charge in [-0.2, -0.15) is 9.36 Å². The van der Waals surface area contributed by atoms with Crippen molar-refractivity contribution in [1.29, 1.82) is 0 Å². The van der Waals surface area contributed by atoms with Gasteiger partial charge in [-0.25, -0.2) is 14.8 Å². The molecule has 3 atom stereocenters. The summed E-state index contributed by atoms with van der Waals surface area (Å²) in [7, 11) is 4.14. The first kappa shape index (κ1) is 20.5. The number of rotatable bonds is 5. The average Bonchev–Trinajstić information content (AvgIpc) is 3.52. The second kappa shape index (κ2) is 8.27. The van der Waals surface area contributed by atoms with Crippen molar-refractivity contribution in [3.05, 3.63) is 18.6 Å². The highest BCUT2D eigenvalue weighted by molar-refractivity contribution is 7.99. The summed E-state index contributed by atoms with van der Waals surface area (Å²) in [6.07, 6.45) is 5.81. The van der Waals surface area contributed by atoms with Gasteiger partial charge in [-0.05, 0) is 36.5 Å². The van der Waals surface area contributed by atoms with E-state index in [0.717, 1.165) is 53.7 Å². The highest BCUT2D eigenvalue weighted by Crippen LogP contribution is 2.41. The molecule has 1 aliphatic heterocycles. The molecule has 1 saturated carbocycles. The number of fused-ring (bicyclic) bond motifs is 2. The zero-order chi connectivity index (χ0) is 21.5. The zero-order valence-electron chi connectivity index (χ0n) is 17.9. The molecule has 1 N–H and O–H groups in total. The van der Waals surface area contributed by atoms with Gasteiger partial charge in [-0.3, -0.25) is 5.32 Å². The Balaban J connectivity index is 1.21. The number of nitrogens with zero attached hydrogens (tertiary/aromatic N) is 7. The van der Waals surface area contributed by atoms with Crippen LogP contribution < -0.4 is 10.2 Å². The quantitative estimate of drug-likeness (QED) is 0.587. The van der Waals surface area contributed by atoms with Crippen molar-refractivity contribution in [2.75, 3.05) is 36.1 Å². The number of hydrogen-bond donors (Lipinski definition) is 1. The van der Waals surface area contributed by atoms with Crippen molar-refractivity contribution >= 4 is 51.3 Å². The fourth-order valence-electron chi connectivity index (χ4n) is 4.89. The number of aryl methyl sites for hydroxylation is 1. The van der Waals surface area contributed by atoms with Crippen molar-refractivity contribution in [3.63, 3.8) is 0 Å². The Hall–Kier alpha value is -2.40. The fraction of sp³-hybridized carbons (Fsp3) is 0.550. The number of aromatic nitrogens is 5. The van der Waals surface area contributed by atoms with Gasteiger partial charge in [0.1, 0.15) is 17.8 Å². The lowest BCUT2D eigenvalue weighted by Gasteiger charge is -2.28. The van der Waals surface area contributed by atoms with Crippen molar-refractivity contribution in [2.45, 2.75) is 31.0 Å². The minimum absolute atomic E-state index is 0.0645. The highest BCUT2D eigenvalue weighted by Gasteiger charge is 2.44. The lowest BCUT2D eigenvalue weighted by Crippen LogP contribution is -2.36. The van der Waals surface area contributed by atoms with Crippen LogP contribution in [0.5, 0.6) is 0 Å². The maximum absolute atomic E-state index is 12.7. The Morgan fingerprint density at radius 1 is 1.32 bits per heavy atom. The van der Waals surface area contributed by atoms with E-state index < -0.39 is 0 Å². The lowest BCUT2D eigenvalue weighted by molar-refractivity contribution is 0.218. The monoisotopic (exact) mass is 458 g/mol. The van der Waals surface area contributed by atoms with Gasteiger partial charge in [0.15, 0.2) is 0 Å². The molecule has 2 fully saturated rings. The van der Waals surface area contributed by atoms with Crippen LogP contribution in [0.3, 0.4) is 0 Å². The molecule has 31 heavy (non-hydrogen) atoms. The van der Waals surface area contributed by atoms with Crippen molar-refractivity contribution in [3.8, 4) is 0 Å². The number of amides is 2. The maximum atomic E-state index is 12.7. The number of hydrogen-bond acceptors (Lipinski definition) is 8. The molecule has 2 aliphatic rings. The van der Waals surface area contributed by atoms with Gasteiger partial charge in [0.05, 0.1) is 5.39 Å². The van der Waals surface area contributed by atoms with Crippen molar-refractivity contribution in [1.82, 2.24) is 28.8 Å². The SMILES string of the molecule is CCSc1nsc(NC(=O)N2CC3C[C@H](N(C)c4ncnc5c4ccn5C)C[C@H]3C2)n1.